The summed E-state index contributed by atoms with van der Waals surface area (Å²) in [6.45, 7) is 30.6. The smallest absolute Gasteiger partial charge is 0.192 e. The second kappa shape index (κ2) is 15.1. The first kappa shape index (κ1) is 35.0. The first-order valence-corrected chi connectivity index (χ1v) is 20.3. The van der Waals surface area contributed by atoms with Gasteiger partial charge in [-0.2, -0.15) is 0 Å². The van der Waals surface area contributed by atoms with Crippen molar-refractivity contribution in [1.29, 1.82) is 0 Å². The van der Waals surface area contributed by atoms with E-state index in [2.05, 4.69) is 93.4 Å². The lowest BCUT2D eigenvalue weighted by Crippen LogP contribution is -2.49. The average Bonchev–Trinajstić information content (AvgIpc) is 2.80. The van der Waals surface area contributed by atoms with Gasteiger partial charge in [0.05, 0.1) is 12.7 Å². The van der Waals surface area contributed by atoms with Crippen LogP contribution in [-0.2, 0) is 25.0 Å². The van der Waals surface area contributed by atoms with Crippen LogP contribution in [0, 0.1) is 11.8 Å². The number of hydrogen-bond acceptors (Lipinski definition) is 4. The van der Waals surface area contributed by atoms with Crippen molar-refractivity contribution in [2.45, 2.75) is 123 Å². The molecule has 0 saturated heterocycles. The Balaban J connectivity index is 3.12. The molecule has 0 aliphatic carbocycles. The van der Waals surface area contributed by atoms with E-state index in [0.29, 0.717) is 32.7 Å². The summed E-state index contributed by atoms with van der Waals surface area (Å²) in [6.07, 6.45) is 4.54. The highest BCUT2D eigenvalue weighted by Crippen LogP contribution is 2.41. The van der Waals surface area contributed by atoms with Crippen LogP contribution < -0.4 is 0 Å². The Morgan fingerprint density at radius 3 is 2.08 bits per heavy atom. The maximum Gasteiger partial charge on any atom is 0.192 e. The topological polar surface area (TPSA) is 44.8 Å². The van der Waals surface area contributed by atoms with Crippen molar-refractivity contribution >= 4 is 22.4 Å². The Morgan fingerprint density at radius 2 is 1.55 bits per heavy atom. The maximum absolute atomic E-state index is 13.7. The van der Waals surface area contributed by atoms with Crippen molar-refractivity contribution < 1.29 is 18.4 Å². The number of carbonyl (C=O) groups is 1. The van der Waals surface area contributed by atoms with E-state index in [1.807, 2.05) is 24.3 Å². The normalized spacial score (nSPS) is 15.7. The number of benzene rings is 1. The standard InChI is InChI=1S/C32H58O4Si2/c1-13-14-21-28(33)30(26(2)24-35-37(9,10)31(3,4)5)29(36-38(11,12)32(6,7)8)22-18-23-34-25-27-19-16-15-17-20-27/h13,15-17,19-20,26,29-30H,1,14,18,21-25H2,2-12H3/t26-,29-,30-/m1/s1. The van der Waals surface area contributed by atoms with E-state index in [1.54, 1.807) is 0 Å². The van der Waals surface area contributed by atoms with Gasteiger partial charge < -0.3 is 13.6 Å². The second-order valence-electron chi connectivity index (χ2n) is 14.0. The fourth-order valence-corrected chi connectivity index (χ4v) is 6.47. The van der Waals surface area contributed by atoms with Gasteiger partial charge in [0.1, 0.15) is 5.78 Å². The summed E-state index contributed by atoms with van der Waals surface area (Å²) in [6, 6.07) is 10.3. The monoisotopic (exact) mass is 562 g/mol. The van der Waals surface area contributed by atoms with Crippen molar-refractivity contribution in [3.05, 3.63) is 48.6 Å². The minimum absolute atomic E-state index is 0.0602. The molecule has 0 aromatic heterocycles. The van der Waals surface area contributed by atoms with Crippen molar-refractivity contribution in [3.8, 4) is 0 Å². The molecular formula is C32H58O4Si2. The summed E-state index contributed by atoms with van der Waals surface area (Å²) in [4.78, 5) is 13.7. The van der Waals surface area contributed by atoms with Crippen molar-refractivity contribution in [2.75, 3.05) is 13.2 Å². The summed E-state index contributed by atoms with van der Waals surface area (Å²) >= 11 is 0. The summed E-state index contributed by atoms with van der Waals surface area (Å²) in [5.41, 5.74) is 1.18. The lowest BCUT2D eigenvalue weighted by molar-refractivity contribution is -0.129. The fraction of sp³-hybridized carbons (Fsp3) is 0.719. The van der Waals surface area contributed by atoms with Crippen molar-refractivity contribution in [2.24, 2.45) is 11.8 Å². The minimum Gasteiger partial charge on any atom is -0.417 e. The van der Waals surface area contributed by atoms with Gasteiger partial charge in [-0.3, -0.25) is 4.79 Å². The van der Waals surface area contributed by atoms with E-state index in [9.17, 15) is 4.79 Å². The van der Waals surface area contributed by atoms with Gasteiger partial charge >= 0.3 is 0 Å². The zero-order valence-electron chi connectivity index (χ0n) is 26.5. The molecule has 0 N–H and O–H groups in total. The third-order valence-electron chi connectivity index (χ3n) is 8.63. The summed E-state index contributed by atoms with van der Waals surface area (Å²) in [5.74, 6) is 0.134. The first-order valence-electron chi connectivity index (χ1n) is 14.5. The molecule has 0 unspecified atom stereocenters. The predicted octanol–water partition coefficient (Wildman–Crippen LogP) is 9.18. The molecule has 0 heterocycles. The van der Waals surface area contributed by atoms with Gasteiger partial charge in [-0.05, 0) is 67.0 Å². The Morgan fingerprint density at radius 1 is 0.974 bits per heavy atom. The molecule has 0 aliphatic rings. The Hall–Kier alpha value is -1.06. The third kappa shape index (κ3) is 11.2. The van der Waals surface area contributed by atoms with Crippen LogP contribution in [-0.4, -0.2) is 41.7 Å². The van der Waals surface area contributed by atoms with Crippen LogP contribution in [0.3, 0.4) is 0 Å². The lowest BCUT2D eigenvalue weighted by Gasteiger charge is -2.43. The number of rotatable bonds is 17. The zero-order valence-corrected chi connectivity index (χ0v) is 28.5. The van der Waals surface area contributed by atoms with Gasteiger partial charge in [0.15, 0.2) is 16.6 Å². The largest absolute Gasteiger partial charge is 0.417 e. The summed E-state index contributed by atoms with van der Waals surface area (Å²) in [5, 5.41) is 0.187. The number of allylic oxidation sites excluding steroid dienone is 1. The van der Waals surface area contributed by atoms with Crippen LogP contribution in [0.15, 0.2) is 43.0 Å². The third-order valence-corrected chi connectivity index (χ3v) is 17.6. The lowest BCUT2D eigenvalue weighted by atomic mass is 9.82. The van der Waals surface area contributed by atoms with Gasteiger partial charge in [-0.1, -0.05) is 84.9 Å². The molecule has 1 aromatic carbocycles. The number of ether oxygens (including phenoxy) is 1. The van der Waals surface area contributed by atoms with Crippen molar-refractivity contribution in [3.63, 3.8) is 0 Å². The molecule has 4 nitrogen and oxygen atoms in total. The van der Waals surface area contributed by atoms with E-state index in [-0.39, 0.29) is 33.8 Å². The molecule has 6 heteroatoms. The van der Waals surface area contributed by atoms with Crippen LogP contribution >= 0.6 is 0 Å². The predicted molar refractivity (Wildman–Crippen MR) is 168 cm³/mol. The molecule has 0 fully saturated rings. The van der Waals surface area contributed by atoms with Crippen molar-refractivity contribution in [1.82, 2.24) is 0 Å². The van der Waals surface area contributed by atoms with E-state index >= 15 is 0 Å². The summed E-state index contributed by atoms with van der Waals surface area (Å²) < 4.78 is 19.7. The molecule has 3 atom stereocenters. The fourth-order valence-electron chi connectivity index (χ4n) is 3.98. The maximum atomic E-state index is 13.7. The SMILES string of the molecule is C=CCCC(=O)[C@@H]([C@H](C)CO[Si](C)(C)C(C)(C)C)[C@@H](CCCOCc1ccccc1)O[Si](C)(C)C(C)(C)C. The molecule has 38 heavy (non-hydrogen) atoms. The quantitative estimate of drug-likeness (QED) is 0.108. The molecule has 0 aliphatic heterocycles. The number of carbonyl (C=O) groups excluding carboxylic acids is 1. The van der Waals surface area contributed by atoms with E-state index in [0.717, 1.165) is 12.8 Å². The average molecular weight is 563 g/mol. The molecule has 1 aromatic rings. The van der Waals surface area contributed by atoms with Crippen LogP contribution in [0.4, 0.5) is 0 Å². The number of Topliss-reactive ketones (excluding diaryl/α,β-unsaturated/α-hetero) is 1. The zero-order chi connectivity index (χ0) is 29.2. The molecule has 0 saturated carbocycles. The highest BCUT2D eigenvalue weighted by molar-refractivity contribution is 6.74. The van der Waals surface area contributed by atoms with Gasteiger partial charge in [0.25, 0.3) is 0 Å². The number of ketones is 1. The molecule has 0 amide bonds. The van der Waals surface area contributed by atoms with Crippen LogP contribution in [0.25, 0.3) is 0 Å². The highest BCUT2D eigenvalue weighted by Gasteiger charge is 2.44. The molecular weight excluding hydrogens is 505 g/mol. The highest BCUT2D eigenvalue weighted by atomic mass is 28.4. The Bertz CT molecular complexity index is 837. The molecule has 0 radical (unpaired) electrons. The molecule has 0 spiro atoms. The van der Waals surface area contributed by atoms with E-state index in [4.69, 9.17) is 13.6 Å². The van der Waals surface area contributed by atoms with E-state index < -0.39 is 16.6 Å². The number of hydrogen-bond donors (Lipinski definition) is 0. The first-order chi connectivity index (χ1) is 17.4. The van der Waals surface area contributed by atoms with E-state index in [1.165, 1.54) is 5.56 Å². The minimum atomic E-state index is -2.11. The Kier molecular flexibility index (Phi) is 13.9. The molecule has 218 valence electrons. The van der Waals surface area contributed by atoms with Crippen LogP contribution in [0.2, 0.25) is 36.3 Å². The van der Waals surface area contributed by atoms with Gasteiger partial charge in [-0.25, -0.2) is 0 Å². The van der Waals surface area contributed by atoms with Crippen LogP contribution in [0.5, 0.6) is 0 Å². The Labute approximate surface area is 237 Å². The van der Waals surface area contributed by atoms with Gasteiger partial charge in [0, 0.05) is 25.6 Å². The van der Waals surface area contributed by atoms with Gasteiger partial charge in [0.2, 0.25) is 0 Å². The summed E-state index contributed by atoms with van der Waals surface area (Å²) in [7, 11) is -4.04. The van der Waals surface area contributed by atoms with Crippen LogP contribution in [0.1, 0.15) is 79.7 Å². The molecule has 0 bridgehead atoms. The second-order valence-corrected chi connectivity index (χ2v) is 23.5. The van der Waals surface area contributed by atoms with Gasteiger partial charge in [-0.15, -0.1) is 6.58 Å². The molecule has 1 rings (SSSR count).